The Morgan fingerprint density at radius 2 is 1.75 bits per heavy atom. The molecule has 1 rings (SSSR count). The molecule has 0 saturated carbocycles. The largest absolute Gasteiger partial charge is 0.393 e. The molecule has 0 radical (unpaired) electrons. The highest BCUT2D eigenvalue weighted by Crippen LogP contribution is 2.30. The van der Waals surface area contributed by atoms with Gasteiger partial charge in [0.2, 0.25) is 0 Å². The Balaban J connectivity index is 2.53. The summed E-state index contributed by atoms with van der Waals surface area (Å²) in [7, 11) is 0. The standard InChI is InChI=1S/C10H11F4NS/c11-8-1-3-9(4-2-8)16-6-7(5-15)10(12,13)14/h1-4,7H,5-6,15H2. The maximum absolute atomic E-state index is 12.5. The second-order valence-corrected chi connectivity index (χ2v) is 4.33. The Labute approximate surface area is 95.0 Å². The highest BCUT2D eigenvalue weighted by Gasteiger charge is 2.38. The molecule has 0 aliphatic carbocycles. The zero-order valence-electron chi connectivity index (χ0n) is 8.30. The summed E-state index contributed by atoms with van der Waals surface area (Å²) < 4.78 is 49.5. The summed E-state index contributed by atoms with van der Waals surface area (Å²) in [5.41, 5.74) is 5.05. The average Bonchev–Trinajstić information content (AvgIpc) is 2.19. The van der Waals surface area contributed by atoms with E-state index >= 15 is 0 Å². The molecule has 0 bridgehead atoms. The predicted octanol–water partition coefficient (Wildman–Crippen LogP) is 3.06. The van der Waals surface area contributed by atoms with Gasteiger partial charge in [0.25, 0.3) is 0 Å². The van der Waals surface area contributed by atoms with Gasteiger partial charge in [-0.2, -0.15) is 13.2 Å². The predicted molar refractivity (Wildman–Crippen MR) is 55.7 cm³/mol. The first-order valence-electron chi connectivity index (χ1n) is 4.58. The van der Waals surface area contributed by atoms with E-state index in [-0.39, 0.29) is 5.75 Å². The zero-order chi connectivity index (χ0) is 12.2. The minimum atomic E-state index is -4.28. The van der Waals surface area contributed by atoms with E-state index in [9.17, 15) is 17.6 Å². The Morgan fingerprint density at radius 1 is 1.19 bits per heavy atom. The summed E-state index contributed by atoms with van der Waals surface area (Å²) in [5.74, 6) is -2.08. The molecule has 0 fully saturated rings. The fourth-order valence-electron chi connectivity index (χ4n) is 1.02. The van der Waals surface area contributed by atoms with Crippen LogP contribution in [-0.2, 0) is 0 Å². The summed E-state index contributed by atoms with van der Waals surface area (Å²) in [6, 6.07) is 5.33. The summed E-state index contributed by atoms with van der Waals surface area (Å²) in [6.45, 7) is -0.433. The van der Waals surface area contributed by atoms with Gasteiger partial charge in [0.1, 0.15) is 5.82 Å². The van der Waals surface area contributed by atoms with Crippen LogP contribution in [-0.4, -0.2) is 18.5 Å². The molecular weight excluding hydrogens is 242 g/mol. The molecule has 0 aliphatic heterocycles. The van der Waals surface area contributed by atoms with E-state index in [0.717, 1.165) is 11.8 Å². The van der Waals surface area contributed by atoms with Gasteiger partial charge in [-0.05, 0) is 24.3 Å². The minimum Gasteiger partial charge on any atom is -0.330 e. The molecular formula is C10H11F4NS. The van der Waals surface area contributed by atoms with Crippen LogP contribution in [0.1, 0.15) is 0 Å². The molecule has 0 spiro atoms. The number of hydrogen-bond donors (Lipinski definition) is 1. The maximum Gasteiger partial charge on any atom is 0.393 e. The topological polar surface area (TPSA) is 26.0 Å². The van der Waals surface area contributed by atoms with Gasteiger partial charge in [-0.25, -0.2) is 4.39 Å². The Morgan fingerprint density at radius 3 is 2.19 bits per heavy atom. The fraction of sp³-hybridized carbons (Fsp3) is 0.400. The molecule has 1 nitrogen and oxygen atoms in total. The molecule has 2 N–H and O–H groups in total. The van der Waals surface area contributed by atoms with Crippen molar-refractivity contribution in [3.63, 3.8) is 0 Å². The summed E-state index contributed by atoms with van der Waals surface area (Å²) in [4.78, 5) is 0.601. The lowest BCUT2D eigenvalue weighted by molar-refractivity contribution is -0.165. The number of halogens is 4. The van der Waals surface area contributed by atoms with Crippen molar-refractivity contribution in [3.05, 3.63) is 30.1 Å². The number of nitrogens with two attached hydrogens (primary N) is 1. The molecule has 1 aromatic rings. The Bertz CT molecular complexity index is 323. The van der Waals surface area contributed by atoms with Crippen LogP contribution < -0.4 is 5.73 Å². The molecule has 0 aliphatic rings. The van der Waals surface area contributed by atoms with Crippen molar-refractivity contribution in [2.75, 3.05) is 12.3 Å². The van der Waals surface area contributed by atoms with Crippen molar-refractivity contribution in [1.29, 1.82) is 0 Å². The van der Waals surface area contributed by atoms with Gasteiger partial charge in [-0.3, -0.25) is 0 Å². The van der Waals surface area contributed by atoms with Gasteiger partial charge >= 0.3 is 6.18 Å². The molecule has 0 saturated heterocycles. The van der Waals surface area contributed by atoms with E-state index in [0.29, 0.717) is 4.90 Å². The van der Waals surface area contributed by atoms with E-state index in [2.05, 4.69) is 0 Å². The number of alkyl halides is 3. The van der Waals surface area contributed by atoms with Gasteiger partial charge in [0.15, 0.2) is 0 Å². The Kier molecular flexibility index (Phi) is 4.61. The lowest BCUT2D eigenvalue weighted by Crippen LogP contribution is -2.32. The third-order valence-electron chi connectivity index (χ3n) is 2.01. The molecule has 1 atom stereocenters. The second-order valence-electron chi connectivity index (χ2n) is 3.24. The second kappa shape index (κ2) is 5.54. The first kappa shape index (κ1) is 13.3. The first-order valence-corrected chi connectivity index (χ1v) is 5.57. The molecule has 1 aromatic carbocycles. The SMILES string of the molecule is NCC(CSc1ccc(F)cc1)C(F)(F)F. The van der Waals surface area contributed by atoms with Crippen LogP contribution in [0.3, 0.4) is 0 Å². The summed E-state index contributed by atoms with van der Waals surface area (Å²) >= 11 is 1.02. The van der Waals surface area contributed by atoms with E-state index in [4.69, 9.17) is 5.73 Å². The van der Waals surface area contributed by atoms with Crippen LogP contribution in [0.25, 0.3) is 0 Å². The van der Waals surface area contributed by atoms with Crippen LogP contribution >= 0.6 is 11.8 Å². The van der Waals surface area contributed by atoms with Crippen molar-refractivity contribution >= 4 is 11.8 Å². The monoisotopic (exact) mass is 253 g/mol. The van der Waals surface area contributed by atoms with Crippen molar-refractivity contribution in [2.24, 2.45) is 11.7 Å². The molecule has 0 heterocycles. The van der Waals surface area contributed by atoms with Gasteiger partial charge in [-0.15, -0.1) is 11.8 Å². The van der Waals surface area contributed by atoms with Crippen molar-refractivity contribution in [1.82, 2.24) is 0 Å². The third-order valence-corrected chi connectivity index (χ3v) is 3.19. The Hall–Kier alpha value is -0.750. The number of rotatable bonds is 4. The molecule has 0 aromatic heterocycles. The summed E-state index contributed by atoms with van der Waals surface area (Å²) in [5, 5.41) is 0. The highest BCUT2D eigenvalue weighted by atomic mass is 32.2. The van der Waals surface area contributed by atoms with Crippen LogP contribution in [0, 0.1) is 11.7 Å². The quantitative estimate of drug-likeness (QED) is 0.659. The van der Waals surface area contributed by atoms with Crippen LogP contribution in [0.15, 0.2) is 29.2 Å². The molecule has 1 unspecified atom stereocenters. The summed E-state index contributed by atoms with van der Waals surface area (Å²) in [6.07, 6.45) is -4.28. The lowest BCUT2D eigenvalue weighted by atomic mass is 10.2. The van der Waals surface area contributed by atoms with Gasteiger partial charge in [0.05, 0.1) is 5.92 Å². The third kappa shape index (κ3) is 4.02. The van der Waals surface area contributed by atoms with Crippen molar-refractivity contribution in [2.45, 2.75) is 11.1 Å². The van der Waals surface area contributed by atoms with E-state index in [1.54, 1.807) is 0 Å². The van der Waals surface area contributed by atoms with Gasteiger partial charge in [-0.1, -0.05) is 0 Å². The fourth-order valence-corrected chi connectivity index (χ4v) is 2.07. The first-order chi connectivity index (χ1) is 7.43. The van der Waals surface area contributed by atoms with Gasteiger partial charge in [0, 0.05) is 17.2 Å². The van der Waals surface area contributed by atoms with Crippen LogP contribution in [0.5, 0.6) is 0 Å². The number of thioether (sulfide) groups is 1. The molecule has 16 heavy (non-hydrogen) atoms. The van der Waals surface area contributed by atoms with Crippen molar-refractivity contribution in [3.8, 4) is 0 Å². The number of hydrogen-bond acceptors (Lipinski definition) is 2. The zero-order valence-corrected chi connectivity index (χ0v) is 9.11. The van der Waals surface area contributed by atoms with Crippen LogP contribution in [0.2, 0.25) is 0 Å². The molecule has 0 amide bonds. The highest BCUT2D eigenvalue weighted by molar-refractivity contribution is 7.99. The molecule has 6 heteroatoms. The van der Waals surface area contributed by atoms with E-state index in [1.165, 1.54) is 24.3 Å². The lowest BCUT2D eigenvalue weighted by Gasteiger charge is -2.17. The van der Waals surface area contributed by atoms with Crippen LogP contribution in [0.4, 0.5) is 17.6 Å². The number of benzene rings is 1. The normalized spacial score (nSPS) is 13.8. The van der Waals surface area contributed by atoms with Gasteiger partial charge < -0.3 is 5.73 Å². The van der Waals surface area contributed by atoms with Crippen molar-refractivity contribution < 1.29 is 17.6 Å². The smallest absolute Gasteiger partial charge is 0.330 e. The molecule has 90 valence electrons. The maximum atomic E-state index is 12.5. The van der Waals surface area contributed by atoms with E-state index < -0.39 is 24.5 Å². The minimum absolute atomic E-state index is 0.147. The van der Waals surface area contributed by atoms with E-state index in [1.807, 2.05) is 0 Å². The average molecular weight is 253 g/mol.